The van der Waals surface area contributed by atoms with Crippen LogP contribution in [0.1, 0.15) is 33.3 Å². The minimum atomic E-state index is -0.437. The molecule has 0 spiro atoms. The Bertz CT molecular complexity index is 773. The molecule has 0 radical (unpaired) electrons. The molecule has 0 saturated carbocycles. The Balaban J connectivity index is 2.03. The fourth-order valence-corrected chi connectivity index (χ4v) is 2.19. The lowest BCUT2D eigenvalue weighted by Gasteiger charge is -2.12. The molecule has 2 aromatic rings. The Morgan fingerprint density at radius 2 is 2.00 bits per heavy atom. The first-order chi connectivity index (χ1) is 12.3. The molecule has 1 amide bonds. The summed E-state index contributed by atoms with van der Waals surface area (Å²) in [6, 6.07) is 7.81. The zero-order chi connectivity index (χ0) is 19.1. The predicted molar refractivity (Wildman–Crippen MR) is 98.8 cm³/mol. The van der Waals surface area contributed by atoms with Crippen molar-refractivity contribution in [1.82, 2.24) is 10.3 Å². The van der Waals surface area contributed by atoms with Gasteiger partial charge in [-0.25, -0.2) is 9.37 Å². The number of hydrogen-bond acceptors (Lipinski definition) is 4. The lowest BCUT2D eigenvalue weighted by molar-refractivity contribution is -0.119. The largest absolute Gasteiger partial charge is 0.488 e. The first-order valence-electron chi connectivity index (χ1n) is 8.39. The molecule has 1 aromatic carbocycles. The standard InChI is InChI=1S/C20H23FN2O3/c1-13(2)25-19-11-17(8-9-18(19)21)26-20-10-7-16(12-22-20)6-5-14(3)23-15(4)24/h5-14H,1-4H3,(H,23,24)/b6-5+/t14-/m0/s1. The molecule has 1 atom stereocenters. The lowest BCUT2D eigenvalue weighted by atomic mass is 10.2. The van der Waals surface area contributed by atoms with E-state index in [2.05, 4.69) is 10.3 Å². The molecule has 1 aromatic heterocycles. The van der Waals surface area contributed by atoms with Crippen molar-refractivity contribution in [3.8, 4) is 17.4 Å². The number of nitrogens with zero attached hydrogens (tertiary/aromatic N) is 1. The Morgan fingerprint density at radius 1 is 1.23 bits per heavy atom. The quantitative estimate of drug-likeness (QED) is 0.800. The Kier molecular flexibility index (Phi) is 6.72. The van der Waals surface area contributed by atoms with Crippen LogP contribution in [0.5, 0.6) is 17.4 Å². The topological polar surface area (TPSA) is 60.5 Å². The fraction of sp³-hybridized carbons (Fsp3) is 0.300. The van der Waals surface area contributed by atoms with E-state index in [0.717, 1.165) is 5.56 Å². The first-order valence-corrected chi connectivity index (χ1v) is 8.39. The molecule has 0 unspecified atom stereocenters. The smallest absolute Gasteiger partial charge is 0.219 e. The summed E-state index contributed by atoms with van der Waals surface area (Å²) in [6.07, 6.45) is 5.25. The van der Waals surface area contributed by atoms with E-state index in [9.17, 15) is 9.18 Å². The number of benzene rings is 1. The zero-order valence-corrected chi connectivity index (χ0v) is 15.3. The second-order valence-corrected chi connectivity index (χ2v) is 6.14. The number of halogens is 1. The molecule has 26 heavy (non-hydrogen) atoms. The highest BCUT2D eigenvalue weighted by atomic mass is 19.1. The van der Waals surface area contributed by atoms with Crippen molar-refractivity contribution < 1.29 is 18.7 Å². The first kappa shape index (κ1) is 19.4. The number of hydrogen-bond donors (Lipinski definition) is 1. The number of amides is 1. The van der Waals surface area contributed by atoms with E-state index in [1.807, 2.05) is 39.0 Å². The number of aromatic nitrogens is 1. The molecular formula is C20H23FN2O3. The van der Waals surface area contributed by atoms with Gasteiger partial charge in [-0.1, -0.05) is 12.2 Å². The van der Waals surface area contributed by atoms with Crippen molar-refractivity contribution in [2.24, 2.45) is 0 Å². The molecule has 0 aliphatic rings. The maximum Gasteiger partial charge on any atom is 0.219 e. The van der Waals surface area contributed by atoms with Gasteiger partial charge in [-0.2, -0.15) is 0 Å². The molecule has 5 nitrogen and oxygen atoms in total. The molecule has 0 saturated heterocycles. The lowest BCUT2D eigenvalue weighted by Crippen LogP contribution is -2.28. The molecule has 0 fully saturated rings. The van der Waals surface area contributed by atoms with Gasteiger partial charge in [0.25, 0.3) is 0 Å². The second-order valence-electron chi connectivity index (χ2n) is 6.14. The molecule has 0 aliphatic heterocycles. The molecule has 1 heterocycles. The van der Waals surface area contributed by atoms with E-state index in [-0.39, 0.29) is 23.8 Å². The van der Waals surface area contributed by atoms with Gasteiger partial charge in [0.05, 0.1) is 6.10 Å². The molecular weight excluding hydrogens is 335 g/mol. The average Bonchev–Trinajstić information content (AvgIpc) is 2.56. The van der Waals surface area contributed by atoms with E-state index >= 15 is 0 Å². The van der Waals surface area contributed by atoms with Crippen molar-refractivity contribution in [3.63, 3.8) is 0 Å². The van der Waals surface area contributed by atoms with Crippen LogP contribution in [-0.4, -0.2) is 23.0 Å². The van der Waals surface area contributed by atoms with Crippen LogP contribution in [0.3, 0.4) is 0 Å². The van der Waals surface area contributed by atoms with Crippen molar-refractivity contribution in [2.45, 2.75) is 39.8 Å². The summed E-state index contributed by atoms with van der Waals surface area (Å²) >= 11 is 0. The average molecular weight is 358 g/mol. The van der Waals surface area contributed by atoms with Crippen molar-refractivity contribution in [1.29, 1.82) is 0 Å². The van der Waals surface area contributed by atoms with Gasteiger partial charge in [0, 0.05) is 31.3 Å². The van der Waals surface area contributed by atoms with Crippen molar-refractivity contribution >= 4 is 12.0 Å². The molecule has 0 aliphatic carbocycles. The highest BCUT2D eigenvalue weighted by molar-refractivity contribution is 5.73. The minimum Gasteiger partial charge on any atom is -0.488 e. The summed E-state index contributed by atoms with van der Waals surface area (Å²) in [5.41, 5.74) is 0.873. The van der Waals surface area contributed by atoms with E-state index in [0.29, 0.717) is 11.6 Å². The summed E-state index contributed by atoms with van der Waals surface area (Å²) < 4.78 is 24.8. The molecule has 1 N–H and O–H groups in total. The number of carbonyl (C=O) groups is 1. The van der Waals surface area contributed by atoms with Crippen LogP contribution in [0, 0.1) is 5.82 Å². The molecule has 138 valence electrons. The van der Waals surface area contributed by atoms with Gasteiger partial charge < -0.3 is 14.8 Å². The summed E-state index contributed by atoms with van der Waals surface area (Å²) in [5, 5.41) is 2.77. The van der Waals surface area contributed by atoms with Gasteiger partial charge in [-0.05, 0) is 44.5 Å². The zero-order valence-electron chi connectivity index (χ0n) is 15.3. The summed E-state index contributed by atoms with van der Waals surface area (Å²) in [6.45, 7) is 7.01. The van der Waals surface area contributed by atoms with E-state index < -0.39 is 5.82 Å². The van der Waals surface area contributed by atoms with Crippen LogP contribution in [0.25, 0.3) is 6.08 Å². The molecule has 2 rings (SSSR count). The number of ether oxygens (including phenoxy) is 2. The summed E-state index contributed by atoms with van der Waals surface area (Å²) in [4.78, 5) is 15.2. The van der Waals surface area contributed by atoms with Gasteiger partial charge in [-0.3, -0.25) is 4.79 Å². The monoisotopic (exact) mass is 358 g/mol. The van der Waals surface area contributed by atoms with Gasteiger partial charge in [-0.15, -0.1) is 0 Å². The van der Waals surface area contributed by atoms with Crippen molar-refractivity contribution in [3.05, 3.63) is 54.0 Å². The molecule has 0 bridgehead atoms. The normalized spacial score (nSPS) is 12.2. The van der Waals surface area contributed by atoms with Crippen LogP contribution in [0.15, 0.2) is 42.6 Å². The SMILES string of the molecule is CC(=O)N[C@@H](C)/C=C/c1ccc(Oc2ccc(F)c(OC(C)C)c2)nc1. The number of pyridine rings is 1. The van der Waals surface area contributed by atoms with Gasteiger partial charge in [0.1, 0.15) is 5.75 Å². The second kappa shape index (κ2) is 8.99. The van der Waals surface area contributed by atoms with E-state index in [1.54, 1.807) is 12.3 Å². The number of rotatable bonds is 7. The summed E-state index contributed by atoms with van der Waals surface area (Å²) in [7, 11) is 0. The van der Waals surface area contributed by atoms with Crippen LogP contribution >= 0.6 is 0 Å². The summed E-state index contributed by atoms with van der Waals surface area (Å²) in [5.74, 6) is 0.456. The van der Waals surface area contributed by atoms with Crippen LogP contribution < -0.4 is 14.8 Å². The fourth-order valence-electron chi connectivity index (χ4n) is 2.19. The Morgan fingerprint density at radius 3 is 2.62 bits per heavy atom. The van der Waals surface area contributed by atoms with Crippen LogP contribution in [0.2, 0.25) is 0 Å². The Hall–Kier alpha value is -2.89. The number of nitrogens with one attached hydrogen (secondary N) is 1. The van der Waals surface area contributed by atoms with Crippen LogP contribution in [-0.2, 0) is 4.79 Å². The highest BCUT2D eigenvalue weighted by Crippen LogP contribution is 2.27. The third-order valence-corrected chi connectivity index (χ3v) is 3.26. The third-order valence-electron chi connectivity index (χ3n) is 3.26. The van der Waals surface area contributed by atoms with Crippen LogP contribution in [0.4, 0.5) is 4.39 Å². The van der Waals surface area contributed by atoms with Gasteiger partial charge in [0.2, 0.25) is 11.8 Å². The minimum absolute atomic E-state index is 0.0676. The Labute approximate surface area is 152 Å². The number of carbonyl (C=O) groups excluding carboxylic acids is 1. The van der Waals surface area contributed by atoms with E-state index in [1.165, 1.54) is 25.1 Å². The van der Waals surface area contributed by atoms with E-state index in [4.69, 9.17) is 9.47 Å². The highest BCUT2D eigenvalue weighted by Gasteiger charge is 2.08. The maximum absolute atomic E-state index is 13.7. The van der Waals surface area contributed by atoms with Gasteiger partial charge >= 0.3 is 0 Å². The van der Waals surface area contributed by atoms with Gasteiger partial charge in [0.15, 0.2) is 11.6 Å². The predicted octanol–water partition coefficient (Wildman–Crippen LogP) is 4.34. The maximum atomic E-state index is 13.7. The van der Waals surface area contributed by atoms with Crippen molar-refractivity contribution in [2.75, 3.05) is 0 Å². The molecule has 6 heteroatoms. The third kappa shape index (κ3) is 6.20.